The molecule has 108 valence electrons. The zero-order valence-corrected chi connectivity index (χ0v) is 12.2. The highest BCUT2D eigenvalue weighted by atomic mass is 35.5. The highest BCUT2D eigenvalue weighted by Gasteiger charge is 2.06. The van der Waals surface area contributed by atoms with Gasteiger partial charge in [-0.1, -0.05) is 35.6 Å². The molecule has 0 aromatic heterocycles. The Bertz CT molecular complexity index is 702. The normalized spacial score (nSPS) is 9.90. The van der Waals surface area contributed by atoms with Crippen LogP contribution in [0.15, 0.2) is 36.4 Å². The van der Waals surface area contributed by atoms with E-state index in [-0.39, 0.29) is 19.0 Å². The first-order chi connectivity index (χ1) is 10.1. The Balaban J connectivity index is 2.21. The lowest BCUT2D eigenvalue weighted by molar-refractivity contribution is 0.305. The predicted molar refractivity (Wildman–Crippen MR) is 80.9 cm³/mol. The van der Waals surface area contributed by atoms with Crippen LogP contribution in [-0.2, 0) is 6.61 Å². The summed E-state index contributed by atoms with van der Waals surface area (Å²) in [5, 5.41) is 9.27. The molecule has 2 aromatic carbocycles. The summed E-state index contributed by atoms with van der Waals surface area (Å²) < 4.78 is 18.9. The fraction of sp³-hybridized carbons (Fsp3) is 0.176. The van der Waals surface area contributed by atoms with Gasteiger partial charge in [-0.15, -0.1) is 0 Å². The number of aliphatic hydroxyl groups excluding tert-OH is 1. The minimum atomic E-state index is -0.380. The lowest BCUT2D eigenvalue weighted by atomic mass is 10.1. The molecular weight excluding hydrogens is 291 g/mol. The summed E-state index contributed by atoms with van der Waals surface area (Å²) in [5.74, 6) is 5.41. The fourth-order valence-corrected chi connectivity index (χ4v) is 1.97. The second-order valence-corrected chi connectivity index (χ2v) is 4.89. The number of hydrogen-bond acceptors (Lipinski definition) is 2. The molecule has 21 heavy (non-hydrogen) atoms. The Hall–Kier alpha value is -2.02. The number of rotatable bonds is 3. The zero-order chi connectivity index (χ0) is 15.2. The molecule has 0 fully saturated rings. The van der Waals surface area contributed by atoms with E-state index in [1.165, 1.54) is 12.1 Å². The van der Waals surface area contributed by atoms with Gasteiger partial charge in [0.25, 0.3) is 0 Å². The average Bonchev–Trinajstić information content (AvgIpc) is 2.47. The molecule has 0 saturated carbocycles. The molecule has 0 atom stereocenters. The molecule has 2 rings (SSSR count). The molecule has 0 aliphatic heterocycles. The smallest absolute Gasteiger partial charge is 0.138 e. The second kappa shape index (κ2) is 7.12. The minimum Gasteiger partial charge on any atom is -0.487 e. The molecule has 0 amide bonds. The predicted octanol–water partition coefficient (Wildman–Crippen LogP) is 3.71. The van der Waals surface area contributed by atoms with Gasteiger partial charge in [-0.05, 0) is 36.8 Å². The lowest BCUT2D eigenvalue weighted by Gasteiger charge is -2.10. The van der Waals surface area contributed by atoms with Gasteiger partial charge >= 0.3 is 0 Å². The molecule has 0 heterocycles. The summed E-state index contributed by atoms with van der Waals surface area (Å²) in [6.45, 7) is 1.89. The third-order valence-corrected chi connectivity index (χ3v) is 3.16. The van der Waals surface area contributed by atoms with Crippen LogP contribution in [0, 0.1) is 24.6 Å². The molecule has 0 aliphatic rings. The Morgan fingerprint density at radius 2 is 2.05 bits per heavy atom. The Kier molecular flexibility index (Phi) is 5.21. The quantitative estimate of drug-likeness (QED) is 0.876. The summed E-state index contributed by atoms with van der Waals surface area (Å²) in [7, 11) is 0. The Morgan fingerprint density at radius 3 is 2.81 bits per heavy atom. The van der Waals surface area contributed by atoms with E-state index in [1.54, 1.807) is 12.1 Å². The summed E-state index contributed by atoms with van der Waals surface area (Å²) in [4.78, 5) is 0. The van der Waals surface area contributed by atoms with Gasteiger partial charge in [0.1, 0.15) is 24.8 Å². The van der Waals surface area contributed by atoms with E-state index >= 15 is 0 Å². The number of aliphatic hydroxyl groups is 1. The molecule has 0 radical (unpaired) electrons. The van der Waals surface area contributed by atoms with Crippen molar-refractivity contribution >= 4 is 11.6 Å². The Morgan fingerprint density at radius 1 is 1.24 bits per heavy atom. The van der Waals surface area contributed by atoms with Gasteiger partial charge in [-0.2, -0.15) is 0 Å². The number of benzene rings is 2. The minimum absolute atomic E-state index is 0.221. The summed E-state index contributed by atoms with van der Waals surface area (Å²) in [6.07, 6.45) is 0. The maximum atomic E-state index is 13.3. The molecule has 0 bridgehead atoms. The standard InChI is InChI=1S/C17H14ClFO2/c1-12-4-7-16(18)17(9-12)21-11-14-5-6-15(19)10-13(14)3-2-8-20/h4-7,9-10,20H,8,11H2,1H3. The third-order valence-electron chi connectivity index (χ3n) is 2.84. The summed E-state index contributed by atoms with van der Waals surface area (Å²) in [6, 6.07) is 9.78. The van der Waals surface area contributed by atoms with Crippen molar-refractivity contribution < 1.29 is 14.2 Å². The van der Waals surface area contributed by atoms with E-state index in [2.05, 4.69) is 11.8 Å². The van der Waals surface area contributed by atoms with E-state index in [1.807, 2.05) is 19.1 Å². The van der Waals surface area contributed by atoms with Crippen LogP contribution in [0.1, 0.15) is 16.7 Å². The average molecular weight is 305 g/mol. The van der Waals surface area contributed by atoms with E-state index < -0.39 is 0 Å². The summed E-state index contributed by atoms with van der Waals surface area (Å²) >= 11 is 6.07. The maximum absolute atomic E-state index is 13.3. The van der Waals surface area contributed by atoms with Crippen molar-refractivity contribution in [1.29, 1.82) is 0 Å². The highest BCUT2D eigenvalue weighted by molar-refractivity contribution is 6.32. The van der Waals surface area contributed by atoms with Gasteiger partial charge < -0.3 is 9.84 Å². The molecule has 0 saturated heterocycles. The highest BCUT2D eigenvalue weighted by Crippen LogP contribution is 2.26. The molecule has 1 N–H and O–H groups in total. The van der Waals surface area contributed by atoms with Gasteiger partial charge in [0.2, 0.25) is 0 Å². The lowest BCUT2D eigenvalue weighted by Crippen LogP contribution is -2.00. The molecule has 4 heteroatoms. The van der Waals surface area contributed by atoms with Crippen molar-refractivity contribution in [2.24, 2.45) is 0 Å². The first-order valence-electron chi connectivity index (χ1n) is 6.37. The van der Waals surface area contributed by atoms with Crippen molar-refractivity contribution in [2.45, 2.75) is 13.5 Å². The van der Waals surface area contributed by atoms with Crippen LogP contribution in [0.3, 0.4) is 0 Å². The number of aryl methyl sites for hydroxylation is 1. The molecule has 2 aromatic rings. The third kappa shape index (κ3) is 4.22. The van der Waals surface area contributed by atoms with Crippen LogP contribution >= 0.6 is 11.6 Å². The van der Waals surface area contributed by atoms with Crippen LogP contribution in [0.2, 0.25) is 5.02 Å². The number of ether oxygens (including phenoxy) is 1. The maximum Gasteiger partial charge on any atom is 0.138 e. The van der Waals surface area contributed by atoms with Gasteiger partial charge in [-0.25, -0.2) is 4.39 Å². The first-order valence-corrected chi connectivity index (χ1v) is 6.75. The van der Waals surface area contributed by atoms with Crippen LogP contribution in [0.5, 0.6) is 5.75 Å². The second-order valence-electron chi connectivity index (χ2n) is 4.48. The SMILES string of the molecule is Cc1ccc(Cl)c(OCc2ccc(F)cc2C#CCO)c1. The molecule has 0 spiro atoms. The molecular formula is C17H14ClFO2. The van der Waals surface area contributed by atoms with Crippen LogP contribution in [0.25, 0.3) is 0 Å². The first kappa shape index (κ1) is 15.4. The topological polar surface area (TPSA) is 29.5 Å². The molecule has 2 nitrogen and oxygen atoms in total. The van der Waals surface area contributed by atoms with Gasteiger partial charge in [0.05, 0.1) is 5.02 Å². The van der Waals surface area contributed by atoms with Crippen LogP contribution in [0.4, 0.5) is 4.39 Å². The summed E-state index contributed by atoms with van der Waals surface area (Å²) in [5.41, 5.74) is 2.26. The van der Waals surface area contributed by atoms with E-state index in [0.29, 0.717) is 16.3 Å². The van der Waals surface area contributed by atoms with Crippen LogP contribution < -0.4 is 4.74 Å². The van der Waals surface area contributed by atoms with Crippen LogP contribution in [-0.4, -0.2) is 11.7 Å². The largest absolute Gasteiger partial charge is 0.487 e. The zero-order valence-electron chi connectivity index (χ0n) is 11.5. The van der Waals surface area contributed by atoms with Gasteiger partial charge in [0.15, 0.2) is 0 Å². The molecule has 0 aliphatic carbocycles. The number of hydrogen-bond donors (Lipinski definition) is 1. The van der Waals surface area contributed by atoms with Crippen molar-refractivity contribution in [3.8, 4) is 17.6 Å². The number of halogens is 2. The van der Waals surface area contributed by atoms with E-state index in [4.69, 9.17) is 21.4 Å². The monoisotopic (exact) mass is 304 g/mol. The van der Waals surface area contributed by atoms with E-state index in [0.717, 1.165) is 11.1 Å². The Labute approximate surface area is 128 Å². The fourth-order valence-electron chi connectivity index (χ4n) is 1.80. The van der Waals surface area contributed by atoms with Gasteiger partial charge in [0, 0.05) is 11.1 Å². The molecule has 0 unspecified atom stereocenters. The van der Waals surface area contributed by atoms with E-state index in [9.17, 15) is 4.39 Å². The van der Waals surface area contributed by atoms with Gasteiger partial charge in [-0.3, -0.25) is 0 Å². The van der Waals surface area contributed by atoms with Crippen molar-refractivity contribution in [2.75, 3.05) is 6.61 Å². The van der Waals surface area contributed by atoms with Crippen molar-refractivity contribution in [3.05, 3.63) is 63.9 Å². The van der Waals surface area contributed by atoms with Crippen molar-refractivity contribution in [3.63, 3.8) is 0 Å². The van der Waals surface area contributed by atoms with Crippen molar-refractivity contribution in [1.82, 2.24) is 0 Å².